The Morgan fingerprint density at radius 2 is 1.74 bits per heavy atom. The van der Waals surface area contributed by atoms with Crippen molar-refractivity contribution in [1.29, 1.82) is 0 Å². The van der Waals surface area contributed by atoms with Crippen LogP contribution in [0.4, 0.5) is 0 Å². The highest BCUT2D eigenvalue weighted by Gasteiger charge is 2.14. The number of fused-ring (bicyclic) bond motifs is 8. The molecule has 0 aliphatic carbocycles. The van der Waals surface area contributed by atoms with E-state index < -0.39 is 0 Å². The first kappa shape index (κ1) is 12.9. The third-order valence-electron chi connectivity index (χ3n) is 4.54. The van der Waals surface area contributed by atoms with Gasteiger partial charge in [-0.05, 0) is 48.2 Å². The zero-order chi connectivity index (χ0) is 15.6. The van der Waals surface area contributed by atoms with Gasteiger partial charge in [-0.1, -0.05) is 41.9 Å². The number of benzene rings is 3. The Labute approximate surface area is 137 Å². The maximum Gasteiger partial charge on any atom is 0.146 e. The lowest BCUT2D eigenvalue weighted by Crippen LogP contribution is -1.92. The molecule has 0 unspecified atom stereocenters. The summed E-state index contributed by atoms with van der Waals surface area (Å²) in [7, 11) is 0. The van der Waals surface area contributed by atoms with Crippen molar-refractivity contribution in [2.24, 2.45) is 0 Å². The number of hydrogen-bond acceptors (Lipinski definition) is 1. The van der Waals surface area contributed by atoms with Gasteiger partial charge < -0.3 is 0 Å². The van der Waals surface area contributed by atoms with E-state index in [2.05, 4.69) is 59.9 Å². The first-order valence-electron chi connectivity index (χ1n) is 7.62. The summed E-state index contributed by atoms with van der Waals surface area (Å²) < 4.78 is 2.27. The molecule has 2 nitrogen and oxygen atoms in total. The largest absolute Gasteiger partial charge is 0.291 e. The SMILES string of the molecule is Cc1cccc2nc3c4ccc(Cl)cc4c4ccccc4n3c12. The summed E-state index contributed by atoms with van der Waals surface area (Å²) in [6.45, 7) is 2.14. The molecule has 5 aromatic rings. The van der Waals surface area contributed by atoms with Crippen molar-refractivity contribution < 1.29 is 0 Å². The third kappa shape index (κ3) is 1.67. The molecule has 2 heterocycles. The van der Waals surface area contributed by atoms with Gasteiger partial charge in [-0.3, -0.25) is 4.40 Å². The molecule has 0 amide bonds. The van der Waals surface area contributed by atoms with Crippen molar-refractivity contribution in [3.05, 3.63) is 71.2 Å². The van der Waals surface area contributed by atoms with E-state index in [1.165, 1.54) is 16.5 Å². The fraction of sp³-hybridized carbons (Fsp3) is 0.0500. The van der Waals surface area contributed by atoms with E-state index in [1.807, 2.05) is 12.1 Å². The molecule has 0 N–H and O–H groups in total. The second-order valence-electron chi connectivity index (χ2n) is 5.92. The third-order valence-corrected chi connectivity index (χ3v) is 4.77. The molecular weight excluding hydrogens is 304 g/mol. The second-order valence-corrected chi connectivity index (χ2v) is 6.36. The fourth-order valence-corrected chi connectivity index (χ4v) is 3.71. The molecule has 0 fully saturated rings. The van der Waals surface area contributed by atoms with Gasteiger partial charge in [0.05, 0.1) is 16.6 Å². The van der Waals surface area contributed by atoms with Crippen LogP contribution in [-0.4, -0.2) is 9.38 Å². The van der Waals surface area contributed by atoms with Gasteiger partial charge in [-0.2, -0.15) is 0 Å². The minimum Gasteiger partial charge on any atom is -0.291 e. The summed E-state index contributed by atoms with van der Waals surface area (Å²) in [5.74, 6) is 0. The summed E-state index contributed by atoms with van der Waals surface area (Å²) in [6.07, 6.45) is 0. The quantitative estimate of drug-likeness (QED) is 0.332. The number of pyridine rings is 1. The molecule has 2 aromatic heterocycles. The highest BCUT2D eigenvalue weighted by atomic mass is 35.5. The van der Waals surface area contributed by atoms with Crippen LogP contribution in [0.15, 0.2) is 60.7 Å². The molecule has 0 atom stereocenters. The van der Waals surface area contributed by atoms with E-state index in [9.17, 15) is 0 Å². The molecule has 0 radical (unpaired) electrons. The van der Waals surface area contributed by atoms with E-state index in [4.69, 9.17) is 16.6 Å². The normalized spacial score (nSPS) is 11.9. The smallest absolute Gasteiger partial charge is 0.146 e. The van der Waals surface area contributed by atoms with Crippen molar-refractivity contribution >= 4 is 50.0 Å². The highest BCUT2D eigenvalue weighted by molar-refractivity contribution is 6.32. The molecule has 23 heavy (non-hydrogen) atoms. The first-order valence-corrected chi connectivity index (χ1v) is 7.99. The zero-order valence-electron chi connectivity index (χ0n) is 12.5. The van der Waals surface area contributed by atoms with Gasteiger partial charge in [0.1, 0.15) is 5.65 Å². The summed E-state index contributed by atoms with van der Waals surface area (Å²) in [4.78, 5) is 4.90. The minimum atomic E-state index is 0.749. The predicted molar refractivity (Wildman–Crippen MR) is 97.5 cm³/mol. The highest BCUT2D eigenvalue weighted by Crippen LogP contribution is 2.34. The number of rotatable bonds is 0. The Balaban J connectivity index is 2.23. The molecule has 0 spiro atoms. The molecule has 0 aliphatic heterocycles. The van der Waals surface area contributed by atoms with Crippen LogP contribution in [0.3, 0.4) is 0 Å². The molecule has 5 rings (SSSR count). The average molecular weight is 317 g/mol. The first-order chi connectivity index (χ1) is 11.2. The van der Waals surface area contributed by atoms with Crippen LogP contribution in [0.2, 0.25) is 5.02 Å². The van der Waals surface area contributed by atoms with Gasteiger partial charge >= 0.3 is 0 Å². The van der Waals surface area contributed by atoms with Crippen LogP contribution in [0, 0.1) is 6.92 Å². The van der Waals surface area contributed by atoms with Crippen molar-refractivity contribution in [1.82, 2.24) is 9.38 Å². The lowest BCUT2D eigenvalue weighted by Gasteiger charge is -2.09. The molecule has 0 bridgehead atoms. The molecule has 3 aromatic carbocycles. The number of para-hydroxylation sites is 2. The number of imidazole rings is 1. The molecule has 0 saturated heterocycles. The number of aromatic nitrogens is 2. The van der Waals surface area contributed by atoms with E-state index in [-0.39, 0.29) is 0 Å². The predicted octanol–water partition coefficient (Wildman–Crippen LogP) is 5.76. The van der Waals surface area contributed by atoms with Gasteiger partial charge in [0.25, 0.3) is 0 Å². The van der Waals surface area contributed by atoms with Crippen LogP contribution in [0.25, 0.3) is 38.4 Å². The van der Waals surface area contributed by atoms with Gasteiger partial charge in [-0.15, -0.1) is 0 Å². The summed E-state index contributed by atoms with van der Waals surface area (Å²) in [5.41, 5.74) is 5.58. The number of nitrogens with zero attached hydrogens (tertiary/aromatic N) is 2. The molecule has 110 valence electrons. The van der Waals surface area contributed by atoms with E-state index in [0.29, 0.717) is 0 Å². The number of hydrogen-bond donors (Lipinski definition) is 0. The molecule has 3 heteroatoms. The topological polar surface area (TPSA) is 17.3 Å². The van der Waals surface area contributed by atoms with E-state index in [0.717, 1.165) is 32.5 Å². The Morgan fingerprint density at radius 1 is 0.870 bits per heavy atom. The summed E-state index contributed by atoms with van der Waals surface area (Å²) in [6, 6.07) is 20.8. The lowest BCUT2D eigenvalue weighted by atomic mass is 10.1. The molecule has 0 saturated carbocycles. The van der Waals surface area contributed by atoms with Crippen LogP contribution in [-0.2, 0) is 0 Å². The van der Waals surface area contributed by atoms with Gasteiger partial charge in [-0.25, -0.2) is 4.98 Å². The monoisotopic (exact) mass is 316 g/mol. The number of halogens is 1. The van der Waals surface area contributed by atoms with Crippen molar-refractivity contribution in [3.63, 3.8) is 0 Å². The van der Waals surface area contributed by atoms with Gasteiger partial charge in [0.2, 0.25) is 0 Å². The average Bonchev–Trinajstić information content (AvgIpc) is 2.96. The van der Waals surface area contributed by atoms with E-state index >= 15 is 0 Å². The van der Waals surface area contributed by atoms with E-state index in [1.54, 1.807) is 0 Å². The minimum absolute atomic E-state index is 0.749. The van der Waals surface area contributed by atoms with Crippen LogP contribution < -0.4 is 0 Å². The maximum atomic E-state index is 6.25. The Kier molecular flexibility index (Phi) is 2.51. The van der Waals surface area contributed by atoms with Crippen LogP contribution in [0.5, 0.6) is 0 Å². The Morgan fingerprint density at radius 3 is 2.65 bits per heavy atom. The second kappa shape index (κ2) is 4.46. The Bertz CT molecular complexity index is 1230. The molecular formula is C20H13ClN2. The van der Waals surface area contributed by atoms with Crippen molar-refractivity contribution in [2.45, 2.75) is 6.92 Å². The maximum absolute atomic E-state index is 6.25. The summed E-state index contributed by atoms with van der Waals surface area (Å²) >= 11 is 6.25. The fourth-order valence-electron chi connectivity index (χ4n) is 3.54. The van der Waals surface area contributed by atoms with Crippen LogP contribution >= 0.6 is 11.6 Å². The molecule has 0 aliphatic rings. The standard InChI is InChI=1S/C20H13ClN2/c1-12-5-4-7-17-19(12)23-18-8-3-2-6-14(18)16-11-13(21)9-10-15(16)20(23)22-17/h2-11H,1H3. The lowest BCUT2D eigenvalue weighted by molar-refractivity contribution is 1.30. The van der Waals surface area contributed by atoms with Crippen molar-refractivity contribution in [3.8, 4) is 0 Å². The van der Waals surface area contributed by atoms with Crippen LogP contribution in [0.1, 0.15) is 5.56 Å². The number of aryl methyl sites for hydroxylation is 1. The van der Waals surface area contributed by atoms with Gasteiger partial charge in [0.15, 0.2) is 0 Å². The van der Waals surface area contributed by atoms with Crippen molar-refractivity contribution in [2.75, 3.05) is 0 Å². The Hall–Kier alpha value is -2.58. The zero-order valence-corrected chi connectivity index (χ0v) is 13.3. The summed E-state index contributed by atoms with van der Waals surface area (Å²) in [5, 5.41) is 4.22. The van der Waals surface area contributed by atoms with Gasteiger partial charge in [0, 0.05) is 15.8 Å².